The Morgan fingerprint density at radius 2 is 1.70 bits per heavy atom. The molecule has 0 aliphatic carbocycles. The predicted octanol–water partition coefficient (Wildman–Crippen LogP) is 5.85. The molecule has 0 heterocycles. The van der Waals surface area contributed by atoms with Crippen LogP contribution in [0.3, 0.4) is 0 Å². The lowest BCUT2D eigenvalue weighted by molar-refractivity contribution is 0.300. The van der Waals surface area contributed by atoms with Gasteiger partial charge in [0.05, 0.1) is 14.3 Å². The molecule has 106 valence electrons. The van der Waals surface area contributed by atoms with Gasteiger partial charge in [0.25, 0.3) is 0 Å². The molecule has 0 aromatic heterocycles. The average molecular weight is 671 g/mol. The molecule has 0 radical (unpaired) electrons. The van der Waals surface area contributed by atoms with Crippen molar-refractivity contribution in [3.63, 3.8) is 0 Å². The summed E-state index contributed by atoms with van der Waals surface area (Å²) in [7, 11) is 1.67. The summed E-state index contributed by atoms with van der Waals surface area (Å²) in [5.41, 5.74) is 1.06. The van der Waals surface area contributed by atoms with E-state index in [-0.39, 0.29) is 0 Å². The van der Waals surface area contributed by atoms with Crippen LogP contribution in [0.25, 0.3) is 0 Å². The van der Waals surface area contributed by atoms with Crippen LogP contribution in [-0.2, 0) is 6.61 Å². The minimum absolute atomic E-state index is 0.504. The third-order valence-corrected chi connectivity index (χ3v) is 5.59. The molecule has 0 aliphatic heterocycles. The van der Waals surface area contributed by atoms with Gasteiger partial charge < -0.3 is 9.47 Å². The van der Waals surface area contributed by atoms with Crippen LogP contribution in [0.5, 0.6) is 11.5 Å². The van der Waals surface area contributed by atoms with Crippen molar-refractivity contribution in [2.75, 3.05) is 7.11 Å². The summed E-state index contributed by atoms with van der Waals surface area (Å²) < 4.78 is 15.7. The summed E-state index contributed by atoms with van der Waals surface area (Å²) in [6.45, 7) is 0.504. The molecule has 2 nitrogen and oxygen atoms in total. The second-order valence-electron chi connectivity index (χ2n) is 3.94. The third kappa shape index (κ3) is 4.35. The molecule has 0 aliphatic rings. The summed E-state index contributed by atoms with van der Waals surface area (Å²) in [5, 5.41) is 0. The number of ether oxygens (including phenoxy) is 2. The first kappa shape index (κ1) is 17.1. The lowest BCUT2D eigenvalue weighted by Crippen LogP contribution is -2.00. The van der Waals surface area contributed by atoms with Gasteiger partial charge in [-0.25, -0.2) is 0 Å². The SMILES string of the molecule is COc1ccc(Br)c(COc2c(I)cc(I)cc2I)c1. The van der Waals surface area contributed by atoms with Gasteiger partial charge in [-0.2, -0.15) is 0 Å². The number of hydrogen-bond donors (Lipinski definition) is 0. The molecule has 0 fully saturated rings. The van der Waals surface area contributed by atoms with Gasteiger partial charge in [0.1, 0.15) is 18.1 Å². The molecule has 0 amide bonds. The van der Waals surface area contributed by atoms with Gasteiger partial charge in [0.15, 0.2) is 0 Å². The maximum absolute atomic E-state index is 5.99. The van der Waals surface area contributed by atoms with Gasteiger partial charge in [-0.3, -0.25) is 0 Å². The van der Waals surface area contributed by atoms with Gasteiger partial charge in [0.2, 0.25) is 0 Å². The maximum atomic E-state index is 5.99. The van der Waals surface area contributed by atoms with Crippen molar-refractivity contribution in [2.24, 2.45) is 0 Å². The molecule has 2 aromatic rings. The summed E-state index contributed by atoms with van der Waals surface area (Å²) in [6.07, 6.45) is 0. The normalized spacial score (nSPS) is 10.4. The highest BCUT2D eigenvalue weighted by molar-refractivity contribution is 14.1. The van der Waals surface area contributed by atoms with Gasteiger partial charge in [-0.1, -0.05) is 15.9 Å². The Labute approximate surface area is 167 Å². The molecule has 0 bridgehead atoms. The molecule has 0 saturated heterocycles. The fourth-order valence-electron chi connectivity index (χ4n) is 1.61. The van der Waals surface area contributed by atoms with Gasteiger partial charge in [-0.05, 0) is 98.1 Å². The second kappa shape index (κ2) is 7.82. The topological polar surface area (TPSA) is 18.5 Å². The lowest BCUT2D eigenvalue weighted by Gasteiger charge is -2.13. The summed E-state index contributed by atoms with van der Waals surface area (Å²) in [4.78, 5) is 0. The van der Waals surface area contributed by atoms with Crippen LogP contribution in [0, 0.1) is 10.7 Å². The summed E-state index contributed by atoms with van der Waals surface area (Å²) in [5.74, 6) is 1.76. The fraction of sp³-hybridized carbons (Fsp3) is 0.143. The molecule has 2 rings (SSSR count). The first-order valence-electron chi connectivity index (χ1n) is 5.61. The van der Waals surface area contributed by atoms with Crippen molar-refractivity contribution < 1.29 is 9.47 Å². The number of benzene rings is 2. The van der Waals surface area contributed by atoms with E-state index >= 15 is 0 Å². The molecule has 0 atom stereocenters. The van der Waals surface area contributed by atoms with Crippen LogP contribution >= 0.6 is 83.7 Å². The standard InChI is InChI=1S/C14H10BrI3O2/c1-19-10-2-3-11(15)8(4-10)7-20-14-12(17)5-9(16)6-13(14)18/h2-6H,7H2,1H3. The number of rotatable bonds is 4. The molecule has 6 heteroatoms. The zero-order chi connectivity index (χ0) is 14.7. The van der Waals surface area contributed by atoms with E-state index in [1.807, 2.05) is 18.2 Å². The molecule has 0 spiro atoms. The Bertz CT molecular complexity index is 609. The predicted molar refractivity (Wildman–Crippen MR) is 110 cm³/mol. The number of hydrogen-bond acceptors (Lipinski definition) is 2. The van der Waals surface area contributed by atoms with Crippen LogP contribution in [0.4, 0.5) is 0 Å². The maximum Gasteiger partial charge on any atom is 0.146 e. The minimum Gasteiger partial charge on any atom is -0.497 e. The quantitative estimate of drug-likeness (QED) is 0.381. The zero-order valence-electron chi connectivity index (χ0n) is 10.4. The minimum atomic E-state index is 0.504. The van der Waals surface area contributed by atoms with E-state index in [9.17, 15) is 0 Å². The smallest absolute Gasteiger partial charge is 0.146 e. The fourth-order valence-corrected chi connectivity index (χ4v) is 5.86. The highest BCUT2D eigenvalue weighted by Gasteiger charge is 2.10. The van der Waals surface area contributed by atoms with Crippen LogP contribution in [0.15, 0.2) is 34.8 Å². The Kier molecular flexibility index (Phi) is 6.67. The van der Waals surface area contributed by atoms with Gasteiger partial charge >= 0.3 is 0 Å². The molecule has 0 unspecified atom stereocenters. The Morgan fingerprint density at radius 1 is 1.05 bits per heavy atom. The molecule has 0 N–H and O–H groups in total. The van der Waals surface area contributed by atoms with Crippen molar-refractivity contribution in [2.45, 2.75) is 6.61 Å². The highest BCUT2D eigenvalue weighted by atomic mass is 127. The van der Waals surface area contributed by atoms with Crippen molar-refractivity contribution in [3.05, 3.63) is 51.1 Å². The van der Waals surface area contributed by atoms with Crippen LogP contribution in [0.2, 0.25) is 0 Å². The zero-order valence-corrected chi connectivity index (χ0v) is 18.5. The third-order valence-electron chi connectivity index (χ3n) is 2.59. The average Bonchev–Trinajstić information content (AvgIpc) is 2.39. The number of halogens is 4. The van der Waals surface area contributed by atoms with Gasteiger partial charge in [0, 0.05) is 13.6 Å². The van der Waals surface area contributed by atoms with E-state index in [1.54, 1.807) is 7.11 Å². The van der Waals surface area contributed by atoms with Crippen molar-refractivity contribution in [3.8, 4) is 11.5 Å². The van der Waals surface area contributed by atoms with Gasteiger partial charge in [-0.15, -0.1) is 0 Å². The van der Waals surface area contributed by atoms with Crippen molar-refractivity contribution in [1.82, 2.24) is 0 Å². The summed E-state index contributed by atoms with van der Waals surface area (Å²) >= 11 is 10.5. The van der Waals surface area contributed by atoms with E-state index in [0.29, 0.717) is 6.61 Å². The molecule has 0 saturated carbocycles. The van der Waals surface area contributed by atoms with E-state index in [1.165, 1.54) is 3.57 Å². The Morgan fingerprint density at radius 3 is 2.30 bits per heavy atom. The first-order valence-corrected chi connectivity index (χ1v) is 9.64. The van der Waals surface area contributed by atoms with E-state index in [0.717, 1.165) is 28.7 Å². The second-order valence-corrected chi connectivity index (χ2v) is 8.37. The molecular weight excluding hydrogens is 661 g/mol. The highest BCUT2D eigenvalue weighted by Crippen LogP contribution is 2.31. The Hall–Kier alpha value is 0.710. The van der Waals surface area contributed by atoms with Crippen LogP contribution < -0.4 is 9.47 Å². The Balaban J connectivity index is 2.21. The lowest BCUT2D eigenvalue weighted by atomic mass is 10.2. The van der Waals surface area contributed by atoms with Crippen molar-refractivity contribution >= 4 is 83.7 Å². The van der Waals surface area contributed by atoms with E-state index in [4.69, 9.17) is 9.47 Å². The molecular formula is C14H10BrI3O2. The van der Waals surface area contributed by atoms with E-state index < -0.39 is 0 Å². The van der Waals surface area contributed by atoms with Crippen LogP contribution in [-0.4, -0.2) is 7.11 Å². The van der Waals surface area contributed by atoms with Crippen LogP contribution in [0.1, 0.15) is 5.56 Å². The monoisotopic (exact) mass is 670 g/mol. The summed E-state index contributed by atoms with van der Waals surface area (Å²) in [6, 6.07) is 10.1. The molecule has 20 heavy (non-hydrogen) atoms. The molecule has 2 aromatic carbocycles. The van der Waals surface area contributed by atoms with Crippen molar-refractivity contribution in [1.29, 1.82) is 0 Å². The van der Waals surface area contributed by atoms with E-state index in [2.05, 4.69) is 95.8 Å². The largest absolute Gasteiger partial charge is 0.497 e. The first-order chi connectivity index (χ1) is 9.51. The number of methoxy groups -OCH3 is 1.